The average Bonchev–Trinajstić information content (AvgIpc) is 2.29. The molecule has 1 rings (SSSR count). The number of hydrogen-bond donors (Lipinski definition) is 0. The Morgan fingerprint density at radius 2 is 1.69 bits per heavy atom. The van der Waals surface area contributed by atoms with Crippen LogP contribution in [0.5, 0.6) is 0 Å². The molecule has 0 spiro atoms. The standard InChI is InChI=1S/C15H17N/c1-4-10-15(12-16,11-5-2)14-8-6-13(3)7-9-14/h4-9H,1-2,10-11H2,3H3. The summed E-state index contributed by atoms with van der Waals surface area (Å²) in [5.41, 5.74) is 1.74. The number of nitriles is 1. The van der Waals surface area contributed by atoms with Crippen molar-refractivity contribution in [2.45, 2.75) is 25.2 Å². The molecule has 0 N–H and O–H groups in total. The van der Waals surface area contributed by atoms with Crippen molar-refractivity contribution in [3.05, 3.63) is 60.7 Å². The first-order valence-electron chi connectivity index (χ1n) is 5.39. The summed E-state index contributed by atoms with van der Waals surface area (Å²) in [7, 11) is 0. The topological polar surface area (TPSA) is 23.8 Å². The summed E-state index contributed by atoms with van der Waals surface area (Å²) >= 11 is 0. The van der Waals surface area contributed by atoms with Crippen molar-refractivity contribution in [2.75, 3.05) is 0 Å². The second kappa shape index (κ2) is 5.32. The zero-order chi connectivity index (χ0) is 12.0. The van der Waals surface area contributed by atoms with E-state index >= 15 is 0 Å². The Kier molecular flexibility index (Phi) is 4.08. The summed E-state index contributed by atoms with van der Waals surface area (Å²) in [6.07, 6.45) is 4.90. The smallest absolute Gasteiger partial charge is 0.0890 e. The van der Waals surface area contributed by atoms with E-state index in [-0.39, 0.29) is 0 Å². The maximum absolute atomic E-state index is 9.42. The molecule has 0 saturated heterocycles. The number of hydrogen-bond acceptors (Lipinski definition) is 1. The van der Waals surface area contributed by atoms with E-state index < -0.39 is 5.41 Å². The lowest BCUT2D eigenvalue weighted by molar-refractivity contribution is 0.566. The average molecular weight is 211 g/mol. The third-order valence-corrected chi connectivity index (χ3v) is 2.80. The van der Waals surface area contributed by atoms with Crippen molar-refractivity contribution in [1.29, 1.82) is 5.26 Å². The Labute approximate surface area is 97.7 Å². The Balaban J connectivity index is 3.18. The van der Waals surface area contributed by atoms with Crippen molar-refractivity contribution in [2.24, 2.45) is 0 Å². The molecule has 1 aromatic rings. The van der Waals surface area contributed by atoms with Crippen molar-refractivity contribution >= 4 is 0 Å². The van der Waals surface area contributed by atoms with Crippen molar-refractivity contribution < 1.29 is 0 Å². The van der Waals surface area contributed by atoms with E-state index in [9.17, 15) is 5.26 Å². The molecule has 0 radical (unpaired) electrons. The third-order valence-electron chi connectivity index (χ3n) is 2.80. The monoisotopic (exact) mass is 211 g/mol. The summed E-state index contributed by atoms with van der Waals surface area (Å²) in [4.78, 5) is 0. The molecule has 0 aromatic heterocycles. The molecule has 1 aromatic carbocycles. The minimum absolute atomic E-state index is 0.503. The summed E-state index contributed by atoms with van der Waals surface area (Å²) in [6, 6.07) is 10.5. The van der Waals surface area contributed by atoms with Crippen LogP contribution in [0.25, 0.3) is 0 Å². The molecule has 0 unspecified atom stereocenters. The van der Waals surface area contributed by atoms with Gasteiger partial charge in [0.25, 0.3) is 0 Å². The van der Waals surface area contributed by atoms with Gasteiger partial charge < -0.3 is 0 Å². The van der Waals surface area contributed by atoms with Gasteiger partial charge in [0.05, 0.1) is 11.5 Å². The molecule has 1 heteroatoms. The van der Waals surface area contributed by atoms with E-state index in [0.717, 1.165) is 5.56 Å². The predicted molar refractivity (Wildman–Crippen MR) is 68.1 cm³/mol. The normalized spacial score (nSPS) is 10.5. The highest BCUT2D eigenvalue weighted by Gasteiger charge is 2.29. The second-order valence-corrected chi connectivity index (χ2v) is 4.05. The molecule has 0 saturated carbocycles. The van der Waals surface area contributed by atoms with Gasteiger partial charge in [0.15, 0.2) is 0 Å². The van der Waals surface area contributed by atoms with Crippen LogP contribution in [0.3, 0.4) is 0 Å². The maximum atomic E-state index is 9.42. The Bertz CT molecular complexity index is 396. The van der Waals surface area contributed by atoms with Gasteiger partial charge in [-0.25, -0.2) is 0 Å². The third kappa shape index (κ3) is 2.41. The molecular formula is C15H17N. The number of benzene rings is 1. The quantitative estimate of drug-likeness (QED) is 0.677. The van der Waals surface area contributed by atoms with Gasteiger partial charge in [0, 0.05) is 0 Å². The van der Waals surface area contributed by atoms with Crippen LogP contribution in [0.4, 0.5) is 0 Å². The molecular weight excluding hydrogens is 194 g/mol. The molecule has 0 aliphatic heterocycles. The van der Waals surface area contributed by atoms with Crippen LogP contribution in [-0.4, -0.2) is 0 Å². The summed E-state index contributed by atoms with van der Waals surface area (Å²) in [5, 5.41) is 9.42. The lowest BCUT2D eigenvalue weighted by Crippen LogP contribution is -2.22. The van der Waals surface area contributed by atoms with Crippen LogP contribution < -0.4 is 0 Å². The largest absolute Gasteiger partial charge is 0.197 e. The lowest BCUT2D eigenvalue weighted by Gasteiger charge is -2.24. The first kappa shape index (κ1) is 12.3. The van der Waals surface area contributed by atoms with E-state index in [0.29, 0.717) is 12.8 Å². The van der Waals surface area contributed by atoms with Crippen LogP contribution >= 0.6 is 0 Å². The van der Waals surface area contributed by atoms with Gasteiger partial charge in [-0.15, -0.1) is 13.2 Å². The number of aryl methyl sites for hydroxylation is 1. The molecule has 0 aliphatic carbocycles. The zero-order valence-electron chi connectivity index (χ0n) is 9.74. The summed E-state index contributed by atoms with van der Waals surface area (Å²) < 4.78 is 0. The fourth-order valence-corrected chi connectivity index (χ4v) is 1.84. The highest BCUT2D eigenvalue weighted by Crippen LogP contribution is 2.32. The molecule has 0 fully saturated rings. The summed E-state index contributed by atoms with van der Waals surface area (Å²) in [6.45, 7) is 9.51. The van der Waals surface area contributed by atoms with Gasteiger partial charge in [-0.1, -0.05) is 42.0 Å². The van der Waals surface area contributed by atoms with Crippen molar-refractivity contribution in [3.63, 3.8) is 0 Å². The molecule has 0 bridgehead atoms. The lowest BCUT2D eigenvalue weighted by atomic mass is 9.76. The first-order valence-corrected chi connectivity index (χ1v) is 5.39. The molecule has 1 nitrogen and oxygen atoms in total. The van der Waals surface area contributed by atoms with Gasteiger partial charge in [0.1, 0.15) is 0 Å². The highest BCUT2D eigenvalue weighted by molar-refractivity contribution is 5.36. The minimum Gasteiger partial charge on any atom is -0.197 e. The Morgan fingerprint density at radius 3 is 2.06 bits per heavy atom. The number of nitrogens with zero attached hydrogens (tertiary/aromatic N) is 1. The Hall–Kier alpha value is -1.81. The van der Waals surface area contributed by atoms with E-state index in [4.69, 9.17) is 0 Å². The molecule has 0 amide bonds. The highest BCUT2D eigenvalue weighted by atomic mass is 14.4. The summed E-state index contributed by atoms with van der Waals surface area (Å²) in [5.74, 6) is 0. The molecule has 82 valence electrons. The van der Waals surface area contributed by atoms with Crippen LogP contribution in [0.1, 0.15) is 24.0 Å². The van der Waals surface area contributed by atoms with Crippen molar-refractivity contribution in [1.82, 2.24) is 0 Å². The van der Waals surface area contributed by atoms with Crippen LogP contribution in [-0.2, 0) is 5.41 Å². The van der Waals surface area contributed by atoms with E-state index in [1.165, 1.54) is 5.56 Å². The SMILES string of the molecule is C=CCC(C#N)(CC=C)c1ccc(C)cc1. The van der Waals surface area contributed by atoms with Gasteiger partial charge in [0.2, 0.25) is 0 Å². The number of rotatable bonds is 5. The van der Waals surface area contributed by atoms with Crippen molar-refractivity contribution in [3.8, 4) is 6.07 Å². The fourth-order valence-electron chi connectivity index (χ4n) is 1.84. The number of allylic oxidation sites excluding steroid dienone is 2. The van der Waals surface area contributed by atoms with Gasteiger partial charge >= 0.3 is 0 Å². The van der Waals surface area contributed by atoms with Crippen LogP contribution in [0.15, 0.2) is 49.6 Å². The fraction of sp³-hybridized carbons (Fsp3) is 0.267. The van der Waals surface area contributed by atoms with Gasteiger partial charge in [-0.2, -0.15) is 5.26 Å². The first-order chi connectivity index (χ1) is 7.68. The van der Waals surface area contributed by atoms with E-state index in [1.807, 2.05) is 31.2 Å². The van der Waals surface area contributed by atoms with E-state index in [1.54, 1.807) is 12.2 Å². The minimum atomic E-state index is -0.503. The van der Waals surface area contributed by atoms with E-state index in [2.05, 4.69) is 19.2 Å². The van der Waals surface area contributed by atoms with Gasteiger partial charge in [-0.3, -0.25) is 0 Å². The second-order valence-electron chi connectivity index (χ2n) is 4.05. The zero-order valence-corrected chi connectivity index (χ0v) is 9.74. The molecule has 0 heterocycles. The van der Waals surface area contributed by atoms with Crippen LogP contribution in [0.2, 0.25) is 0 Å². The maximum Gasteiger partial charge on any atom is 0.0890 e. The predicted octanol–water partition coefficient (Wildman–Crippen LogP) is 3.91. The Morgan fingerprint density at radius 1 is 1.19 bits per heavy atom. The molecule has 0 aliphatic rings. The molecule has 16 heavy (non-hydrogen) atoms. The van der Waals surface area contributed by atoms with Gasteiger partial charge in [-0.05, 0) is 25.3 Å². The van der Waals surface area contributed by atoms with Crippen LogP contribution in [0, 0.1) is 18.3 Å². The molecule has 0 atom stereocenters.